The predicted octanol–water partition coefficient (Wildman–Crippen LogP) is 6.11. The lowest BCUT2D eigenvalue weighted by atomic mass is 10.2. The zero-order valence-corrected chi connectivity index (χ0v) is 16.2. The number of nitrogens with zero attached hydrogens (tertiary/aromatic N) is 3. The summed E-state index contributed by atoms with van der Waals surface area (Å²) in [5, 5.41) is 6.73. The fraction of sp³-hybridized carbons (Fsp3) is 0.167. The van der Waals surface area contributed by atoms with E-state index < -0.39 is 11.7 Å². The number of aromatic nitrogens is 1. The average Bonchev–Trinajstić information content (AvgIpc) is 3.01. The highest BCUT2D eigenvalue weighted by Gasteiger charge is 2.30. The fourth-order valence-corrected chi connectivity index (χ4v) is 3.77. The van der Waals surface area contributed by atoms with Crippen LogP contribution in [-0.2, 0) is 6.18 Å². The number of fused-ring (bicyclic) bond motifs is 1. The van der Waals surface area contributed by atoms with E-state index in [2.05, 4.69) is 20.4 Å². The highest BCUT2D eigenvalue weighted by molar-refractivity contribution is 7.73. The van der Waals surface area contributed by atoms with Crippen LogP contribution >= 0.6 is 23.6 Å². The van der Waals surface area contributed by atoms with Gasteiger partial charge in [-0.25, -0.2) is 0 Å². The van der Waals surface area contributed by atoms with Crippen molar-refractivity contribution in [3.63, 3.8) is 0 Å². The van der Waals surface area contributed by atoms with Crippen LogP contribution in [0.5, 0.6) is 0 Å². The Morgan fingerprint density at radius 3 is 2.61 bits per heavy atom. The summed E-state index contributed by atoms with van der Waals surface area (Å²) in [5.41, 5.74) is 1.34. The van der Waals surface area contributed by atoms with E-state index in [-0.39, 0.29) is 5.96 Å². The lowest BCUT2D eigenvalue weighted by Gasteiger charge is -2.23. The molecule has 5 nitrogen and oxygen atoms in total. The van der Waals surface area contributed by atoms with E-state index in [4.69, 9.17) is 18.8 Å². The molecule has 0 amide bonds. The van der Waals surface area contributed by atoms with E-state index in [0.29, 0.717) is 16.2 Å². The highest BCUT2D eigenvalue weighted by atomic mass is 32.1. The van der Waals surface area contributed by atoms with Gasteiger partial charge < -0.3 is 15.2 Å². The van der Waals surface area contributed by atoms with Crippen LogP contribution in [0.4, 0.5) is 24.5 Å². The molecule has 2 N–H and O–H groups in total. The molecule has 1 aromatic heterocycles. The van der Waals surface area contributed by atoms with Crippen LogP contribution in [-0.4, -0.2) is 17.5 Å². The van der Waals surface area contributed by atoms with Gasteiger partial charge in [0.15, 0.2) is 3.95 Å². The first-order chi connectivity index (χ1) is 13.3. The van der Waals surface area contributed by atoms with Gasteiger partial charge in [0.05, 0.1) is 15.8 Å². The zero-order chi connectivity index (χ0) is 20.3. The molecule has 0 aliphatic rings. The predicted molar refractivity (Wildman–Crippen MR) is 109 cm³/mol. The molecule has 0 atom stereocenters. The first kappa shape index (κ1) is 19.9. The van der Waals surface area contributed by atoms with Crippen molar-refractivity contribution in [2.75, 3.05) is 16.8 Å². The second kappa shape index (κ2) is 8.00. The Bertz CT molecular complexity index is 1110. The number of aromatic amines is 1. The Morgan fingerprint density at radius 1 is 1.29 bits per heavy atom. The monoisotopic (exact) mass is 421 g/mol. The minimum atomic E-state index is -4.40. The van der Waals surface area contributed by atoms with Crippen molar-refractivity contribution in [3.8, 4) is 0 Å². The summed E-state index contributed by atoms with van der Waals surface area (Å²) in [5.74, 6) is 0.218. The Kier molecular flexibility index (Phi) is 5.67. The Balaban J connectivity index is 1.91. The number of anilines is 2. The number of alkyl halides is 3. The van der Waals surface area contributed by atoms with E-state index in [1.165, 1.54) is 23.5 Å². The lowest BCUT2D eigenvalue weighted by molar-refractivity contribution is -0.137. The minimum absolute atomic E-state index is 0.218. The molecule has 0 fully saturated rings. The van der Waals surface area contributed by atoms with Crippen molar-refractivity contribution in [1.82, 2.24) is 4.98 Å². The van der Waals surface area contributed by atoms with E-state index in [1.54, 1.807) is 4.90 Å². The zero-order valence-electron chi connectivity index (χ0n) is 14.5. The molecule has 1 heterocycles. The molecule has 3 aromatic rings. The summed E-state index contributed by atoms with van der Waals surface area (Å²) >= 11 is 6.59. The standard InChI is InChI=1S/C18H14F3N5S2/c1-3-26(13-8-9-14-15(10-13)28-17(27)24-14)16(25-22-2)23-12-6-4-11(5-7-12)18(19,20)21/h4-10H,3H2,1H3,(H,23,25)(H,24,27). The summed E-state index contributed by atoms with van der Waals surface area (Å²) in [6.45, 7) is 9.46. The van der Waals surface area contributed by atoms with E-state index in [0.717, 1.165) is 28.0 Å². The van der Waals surface area contributed by atoms with E-state index in [1.807, 2.05) is 25.1 Å². The van der Waals surface area contributed by atoms with Gasteiger partial charge in [-0.15, -0.1) is 16.3 Å². The maximum Gasteiger partial charge on any atom is 0.416 e. The number of guanidine groups is 1. The van der Waals surface area contributed by atoms with Gasteiger partial charge in [-0.05, 0) is 61.6 Å². The van der Waals surface area contributed by atoms with Gasteiger partial charge >= 0.3 is 6.18 Å². The van der Waals surface area contributed by atoms with Crippen molar-refractivity contribution >= 4 is 51.1 Å². The first-order valence-corrected chi connectivity index (χ1v) is 9.33. The highest BCUT2D eigenvalue weighted by Crippen LogP contribution is 2.30. The maximum atomic E-state index is 12.7. The second-order valence-electron chi connectivity index (χ2n) is 5.66. The molecule has 144 valence electrons. The SMILES string of the molecule is [C-]#[N+]N=C(Nc1ccc(C(F)(F)F)cc1)N(CC)c1ccc2[nH]c(=S)sc2c1. The first-order valence-electron chi connectivity index (χ1n) is 8.11. The van der Waals surface area contributed by atoms with E-state index in [9.17, 15) is 13.2 Å². The Hall–Kier alpha value is -2.90. The Morgan fingerprint density at radius 2 is 2.00 bits per heavy atom. The van der Waals surface area contributed by atoms with Gasteiger partial charge in [-0.1, -0.05) is 0 Å². The number of benzene rings is 2. The van der Waals surface area contributed by atoms with Crippen LogP contribution in [0.15, 0.2) is 47.6 Å². The third-order valence-corrected chi connectivity index (χ3v) is 5.10. The number of H-pyrrole nitrogens is 1. The molecule has 0 saturated carbocycles. The van der Waals surface area contributed by atoms with Crippen LogP contribution in [0.25, 0.3) is 15.2 Å². The average molecular weight is 421 g/mol. The summed E-state index contributed by atoms with van der Waals surface area (Å²) in [7, 11) is 0. The topological polar surface area (TPSA) is 47.8 Å². The van der Waals surface area contributed by atoms with Crippen molar-refractivity contribution in [2.45, 2.75) is 13.1 Å². The van der Waals surface area contributed by atoms with Crippen LogP contribution < -0.4 is 10.2 Å². The molecule has 28 heavy (non-hydrogen) atoms. The van der Waals surface area contributed by atoms with Crippen molar-refractivity contribution < 1.29 is 13.2 Å². The van der Waals surface area contributed by atoms with Crippen molar-refractivity contribution in [3.05, 3.63) is 63.5 Å². The number of nitrogens with one attached hydrogen (secondary N) is 2. The van der Waals surface area contributed by atoms with E-state index >= 15 is 0 Å². The van der Waals surface area contributed by atoms with Gasteiger partial charge in [-0.2, -0.15) is 19.7 Å². The number of halogens is 3. The molecule has 0 unspecified atom stereocenters. The Labute approximate surface area is 167 Å². The van der Waals surface area contributed by atoms with Gasteiger partial charge in [0.2, 0.25) is 0 Å². The molecule has 2 aromatic carbocycles. The smallest absolute Gasteiger partial charge is 0.337 e. The molecule has 0 radical (unpaired) electrons. The number of hydrogen-bond acceptors (Lipinski definition) is 3. The summed E-state index contributed by atoms with van der Waals surface area (Å²) < 4.78 is 39.8. The largest absolute Gasteiger partial charge is 0.416 e. The van der Waals surface area contributed by atoms with Gasteiger partial charge in [-0.3, -0.25) is 0 Å². The summed E-state index contributed by atoms with van der Waals surface area (Å²) in [4.78, 5) is 7.93. The van der Waals surface area contributed by atoms with Crippen LogP contribution in [0.2, 0.25) is 0 Å². The maximum absolute atomic E-state index is 12.7. The summed E-state index contributed by atoms with van der Waals surface area (Å²) in [6, 6.07) is 10.2. The van der Waals surface area contributed by atoms with Crippen molar-refractivity contribution in [2.24, 2.45) is 5.10 Å². The van der Waals surface area contributed by atoms with Gasteiger partial charge in [0, 0.05) is 17.9 Å². The normalized spacial score (nSPS) is 12.0. The minimum Gasteiger partial charge on any atom is -0.337 e. The molecule has 0 bridgehead atoms. The molecule has 0 spiro atoms. The molecule has 3 rings (SSSR count). The van der Waals surface area contributed by atoms with Gasteiger partial charge in [0.1, 0.15) is 5.10 Å². The molecule has 0 saturated heterocycles. The summed E-state index contributed by atoms with van der Waals surface area (Å²) in [6.07, 6.45) is -4.40. The van der Waals surface area contributed by atoms with Gasteiger partial charge in [0.25, 0.3) is 5.96 Å². The third kappa shape index (κ3) is 4.32. The molecular formula is C18H14F3N5S2. The fourth-order valence-electron chi connectivity index (χ4n) is 2.62. The molecule has 0 aliphatic carbocycles. The quantitative estimate of drug-likeness (QED) is 0.176. The van der Waals surface area contributed by atoms with Crippen molar-refractivity contribution in [1.29, 1.82) is 0 Å². The number of rotatable bonds is 3. The molecule has 10 heteroatoms. The molecular weight excluding hydrogens is 407 g/mol. The lowest BCUT2D eigenvalue weighted by Crippen LogP contribution is -2.36. The third-order valence-electron chi connectivity index (χ3n) is 3.90. The van der Waals surface area contributed by atoms with Crippen LogP contribution in [0.1, 0.15) is 12.5 Å². The second-order valence-corrected chi connectivity index (χ2v) is 7.38. The van der Waals surface area contributed by atoms with Crippen LogP contribution in [0.3, 0.4) is 0 Å². The molecule has 0 aliphatic heterocycles. The van der Waals surface area contributed by atoms with Crippen LogP contribution in [0, 0.1) is 10.5 Å². The number of thiazole rings is 1. The number of hydrogen-bond donors (Lipinski definition) is 2.